The Morgan fingerprint density at radius 3 is 2.65 bits per heavy atom. The lowest BCUT2D eigenvalue weighted by Crippen LogP contribution is -2.50. The highest BCUT2D eigenvalue weighted by molar-refractivity contribution is 9.10. The third kappa shape index (κ3) is 2.41. The molecule has 2 aromatic rings. The van der Waals surface area contributed by atoms with E-state index in [9.17, 15) is 14.3 Å². The summed E-state index contributed by atoms with van der Waals surface area (Å²) in [6.07, 6.45) is -4.19. The van der Waals surface area contributed by atoms with Gasteiger partial charge in [-0.2, -0.15) is 0 Å². The van der Waals surface area contributed by atoms with Crippen LogP contribution in [0.2, 0.25) is 10.0 Å². The Morgan fingerprint density at radius 2 is 2.09 bits per heavy atom. The number of ether oxygens (including phenoxy) is 1. The van der Waals surface area contributed by atoms with Crippen molar-refractivity contribution in [1.29, 1.82) is 0 Å². The second kappa shape index (κ2) is 5.67. The van der Waals surface area contributed by atoms with Crippen LogP contribution in [0.3, 0.4) is 0 Å². The summed E-state index contributed by atoms with van der Waals surface area (Å²) in [6, 6.07) is 3.08. The molecule has 4 atom stereocenters. The summed E-state index contributed by atoms with van der Waals surface area (Å²) in [7, 11) is 0. The summed E-state index contributed by atoms with van der Waals surface area (Å²) in [5.41, 5.74) is -1.26. The van der Waals surface area contributed by atoms with Gasteiger partial charge < -0.3 is 9.84 Å². The molecule has 1 saturated heterocycles. The van der Waals surface area contributed by atoms with E-state index < -0.39 is 29.9 Å². The van der Waals surface area contributed by atoms with E-state index in [4.69, 9.17) is 27.9 Å². The SMILES string of the molecule is CC(=O)[C@]1(O)[C@H](F)[C@H](n2c(Br)nc3cc(Cl)c(Cl)cc32)O[C@@H]1C. The number of hydrogen-bond acceptors (Lipinski definition) is 4. The van der Waals surface area contributed by atoms with E-state index in [0.29, 0.717) is 16.1 Å². The molecule has 0 spiro atoms. The van der Waals surface area contributed by atoms with Crippen LogP contribution in [-0.4, -0.2) is 38.3 Å². The van der Waals surface area contributed by atoms with Crippen LogP contribution in [0, 0.1) is 0 Å². The average Bonchev–Trinajstić information content (AvgIpc) is 2.89. The van der Waals surface area contributed by atoms with Gasteiger partial charge in [-0.1, -0.05) is 23.2 Å². The molecule has 0 amide bonds. The number of ketones is 1. The maximum absolute atomic E-state index is 14.9. The second-order valence-electron chi connectivity index (χ2n) is 5.46. The van der Waals surface area contributed by atoms with Gasteiger partial charge >= 0.3 is 0 Å². The Morgan fingerprint density at radius 1 is 1.48 bits per heavy atom. The highest BCUT2D eigenvalue weighted by Crippen LogP contribution is 2.43. The number of carbonyl (C=O) groups is 1. The summed E-state index contributed by atoms with van der Waals surface area (Å²) in [4.78, 5) is 15.9. The number of aliphatic hydroxyl groups is 1. The van der Waals surface area contributed by atoms with Crippen molar-refractivity contribution >= 4 is 55.9 Å². The zero-order valence-corrected chi connectivity index (χ0v) is 15.2. The van der Waals surface area contributed by atoms with Crippen molar-refractivity contribution in [2.45, 2.75) is 38.0 Å². The van der Waals surface area contributed by atoms with E-state index >= 15 is 0 Å². The van der Waals surface area contributed by atoms with Crippen LogP contribution in [0.4, 0.5) is 4.39 Å². The number of fused-ring (bicyclic) bond motifs is 1. The summed E-state index contributed by atoms with van der Waals surface area (Å²) in [5, 5.41) is 11.0. The van der Waals surface area contributed by atoms with E-state index in [0.717, 1.165) is 6.92 Å². The summed E-state index contributed by atoms with van der Waals surface area (Å²) in [5.74, 6) is -0.693. The Balaban J connectivity index is 2.16. The molecule has 9 heteroatoms. The van der Waals surface area contributed by atoms with Crippen molar-refractivity contribution < 1.29 is 19.0 Å². The van der Waals surface area contributed by atoms with Crippen LogP contribution in [0.15, 0.2) is 16.9 Å². The molecular formula is C14H12BrCl2FN2O3. The number of nitrogens with zero attached hydrogens (tertiary/aromatic N) is 2. The maximum atomic E-state index is 14.9. The van der Waals surface area contributed by atoms with Crippen LogP contribution in [0.5, 0.6) is 0 Å². The van der Waals surface area contributed by atoms with Crippen molar-refractivity contribution in [2.75, 3.05) is 0 Å². The normalized spacial score (nSPS) is 31.0. The Bertz CT molecular complexity index is 815. The van der Waals surface area contributed by atoms with Crippen LogP contribution in [0.1, 0.15) is 20.1 Å². The van der Waals surface area contributed by atoms with E-state index in [1.807, 2.05) is 0 Å². The first kappa shape index (κ1) is 17.1. The molecule has 5 nitrogen and oxygen atoms in total. The van der Waals surface area contributed by atoms with Gasteiger partial charge in [0.2, 0.25) is 0 Å². The van der Waals surface area contributed by atoms with Crippen molar-refractivity contribution in [2.24, 2.45) is 0 Å². The van der Waals surface area contributed by atoms with Gasteiger partial charge in [0.15, 0.2) is 28.5 Å². The topological polar surface area (TPSA) is 64.3 Å². The first-order chi connectivity index (χ1) is 10.7. The second-order valence-corrected chi connectivity index (χ2v) is 6.98. The van der Waals surface area contributed by atoms with E-state index in [1.165, 1.54) is 17.6 Å². The highest BCUT2D eigenvalue weighted by atomic mass is 79.9. The molecule has 1 N–H and O–H groups in total. The van der Waals surface area contributed by atoms with Gasteiger partial charge in [-0.15, -0.1) is 0 Å². The van der Waals surface area contributed by atoms with Crippen LogP contribution in [0.25, 0.3) is 11.0 Å². The molecular weight excluding hydrogens is 414 g/mol. The summed E-state index contributed by atoms with van der Waals surface area (Å²) < 4.78 is 22.1. The lowest BCUT2D eigenvalue weighted by atomic mass is 9.90. The number of hydrogen-bond donors (Lipinski definition) is 1. The first-order valence-electron chi connectivity index (χ1n) is 6.73. The van der Waals surface area contributed by atoms with E-state index in [2.05, 4.69) is 20.9 Å². The van der Waals surface area contributed by atoms with Crippen LogP contribution in [-0.2, 0) is 9.53 Å². The molecule has 124 valence electrons. The van der Waals surface area contributed by atoms with Crippen molar-refractivity contribution in [3.63, 3.8) is 0 Å². The third-order valence-electron chi connectivity index (χ3n) is 4.14. The van der Waals surface area contributed by atoms with E-state index in [1.54, 1.807) is 6.07 Å². The molecule has 3 rings (SSSR count). The molecule has 1 fully saturated rings. The summed E-state index contributed by atoms with van der Waals surface area (Å²) in [6.45, 7) is 2.58. The van der Waals surface area contributed by atoms with Gasteiger partial charge in [0.05, 0.1) is 27.2 Å². The number of imidazole rings is 1. The molecule has 1 aromatic heterocycles. The minimum Gasteiger partial charge on any atom is -0.377 e. The smallest absolute Gasteiger partial charge is 0.184 e. The fourth-order valence-electron chi connectivity index (χ4n) is 2.80. The van der Waals surface area contributed by atoms with Gasteiger partial charge in [0.25, 0.3) is 0 Å². The zero-order chi connectivity index (χ0) is 17.1. The number of benzene rings is 1. The van der Waals surface area contributed by atoms with Gasteiger partial charge in [0, 0.05) is 0 Å². The number of carbonyl (C=O) groups excluding carboxylic acids is 1. The van der Waals surface area contributed by atoms with Gasteiger partial charge in [-0.05, 0) is 41.9 Å². The van der Waals surface area contributed by atoms with Crippen molar-refractivity contribution in [3.8, 4) is 0 Å². The molecule has 0 unspecified atom stereocenters. The van der Waals surface area contributed by atoms with Gasteiger partial charge in [-0.3, -0.25) is 9.36 Å². The van der Waals surface area contributed by atoms with Crippen molar-refractivity contribution in [1.82, 2.24) is 9.55 Å². The fraction of sp³-hybridized carbons (Fsp3) is 0.429. The molecule has 0 aliphatic carbocycles. The fourth-order valence-corrected chi connectivity index (χ4v) is 3.70. The first-order valence-corrected chi connectivity index (χ1v) is 8.28. The van der Waals surface area contributed by atoms with Crippen LogP contribution < -0.4 is 0 Å². The van der Waals surface area contributed by atoms with Crippen molar-refractivity contribution in [3.05, 3.63) is 26.9 Å². The molecule has 0 saturated carbocycles. The molecule has 0 bridgehead atoms. The Hall–Kier alpha value is -0.730. The number of alkyl halides is 1. The lowest BCUT2D eigenvalue weighted by Gasteiger charge is -2.24. The number of aromatic nitrogens is 2. The zero-order valence-electron chi connectivity index (χ0n) is 12.1. The largest absolute Gasteiger partial charge is 0.377 e. The molecule has 23 heavy (non-hydrogen) atoms. The number of halogens is 4. The minimum absolute atomic E-state index is 0.274. The molecule has 1 aromatic carbocycles. The highest BCUT2D eigenvalue weighted by Gasteiger charge is 2.59. The molecule has 0 radical (unpaired) electrons. The average molecular weight is 426 g/mol. The molecule has 1 aliphatic rings. The quantitative estimate of drug-likeness (QED) is 0.796. The Labute approximate surface area is 149 Å². The monoisotopic (exact) mass is 424 g/mol. The maximum Gasteiger partial charge on any atom is 0.184 e. The number of rotatable bonds is 2. The van der Waals surface area contributed by atoms with Crippen LogP contribution >= 0.6 is 39.1 Å². The minimum atomic E-state index is -2.21. The third-order valence-corrected chi connectivity index (χ3v) is 5.42. The van der Waals surface area contributed by atoms with Gasteiger partial charge in [0.1, 0.15) is 0 Å². The molecule has 1 aliphatic heterocycles. The lowest BCUT2D eigenvalue weighted by molar-refractivity contribution is -0.144. The Kier molecular flexibility index (Phi) is 4.21. The molecule has 2 heterocycles. The predicted octanol–water partition coefficient (Wildman–Crippen LogP) is 3.68. The standard InChI is InChI=1S/C14H12BrCl2FN2O3/c1-5(21)14(22)6(2)23-12(11(14)18)20-10-4-8(17)7(16)3-9(10)19-13(20)15/h3-4,6,11-12,22H,1-2H3/t6-,11-,12-,14-/m1/s1. The number of Topliss-reactive ketones (excluding diaryl/α,β-unsaturated/α-hetero) is 1. The predicted molar refractivity (Wildman–Crippen MR) is 87.6 cm³/mol. The summed E-state index contributed by atoms with van der Waals surface area (Å²) >= 11 is 15.2. The van der Waals surface area contributed by atoms with Gasteiger partial charge in [-0.25, -0.2) is 9.37 Å². The van der Waals surface area contributed by atoms with E-state index in [-0.39, 0.29) is 9.76 Å².